The number of nitrogens with one attached hydrogen (secondary N) is 2. The molecule has 0 atom stereocenters. The molecule has 3 rings (SSSR count). The maximum atomic E-state index is 14.3. The molecule has 6 N–H and O–H groups in total. The van der Waals surface area contributed by atoms with Crippen molar-refractivity contribution in [3.05, 3.63) is 59.3 Å². The molecule has 11 nitrogen and oxygen atoms in total. The van der Waals surface area contributed by atoms with Crippen LogP contribution in [0.3, 0.4) is 0 Å². The van der Waals surface area contributed by atoms with Gasteiger partial charge >= 0.3 is 6.36 Å². The Morgan fingerprint density at radius 1 is 1.13 bits per heavy atom. The smallest absolute Gasteiger partial charge is 0.406 e. The lowest BCUT2D eigenvalue weighted by Gasteiger charge is -2.10. The van der Waals surface area contributed by atoms with Gasteiger partial charge in [-0.15, -0.1) is 13.2 Å². The number of ether oxygens (including phenoxy) is 1. The average molecular weight is 537 g/mol. The Kier molecular flexibility index (Phi) is 8.18. The fourth-order valence-corrected chi connectivity index (χ4v) is 3.35. The molecule has 0 saturated heterocycles. The lowest BCUT2D eigenvalue weighted by molar-refractivity contribution is -0.274. The van der Waals surface area contributed by atoms with Crippen LogP contribution in [0.4, 0.5) is 34.8 Å². The zero-order valence-corrected chi connectivity index (χ0v) is 20.1. The lowest BCUT2D eigenvalue weighted by atomic mass is 10.1. The molecule has 0 bridgehead atoms. The Bertz CT molecular complexity index is 1360. The second kappa shape index (κ2) is 11.1. The van der Waals surface area contributed by atoms with Gasteiger partial charge < -0.3 is 26.8 Å². The monoisotopic (exact) mass is 537 g/mol. The molecule has 0 saturated carbocycles. The van der Waals surface area contributed by atoms with Crippen LogP contribution in [0.15, 0.2) is 36.5 Å². The second-order valence-electron chi connectivity index (χ2n) is 8.48. The fraction of sp³-hybridized carbons (Fsp3) is 0.261. The summed E-state index contributed by atoms with van der Waals surface area (Å²) in [6.07, 6.45) is -4.09. The van der Waals surface area contributed by atoms with Gasteiger partial charge in [0.15, 0.2) is 5.69 Å². The number of carbonyl (C=O) groups is 3. The van der Waals surface area contributed by atoms with Gasteiger partial charge in [0.05, 0.1) is 24.0 Å². The zero-order chi connectivity index (χ0) is 28.2. The molecule has 0 aliphatic carbocycles. The topological polar surface area (TPSA) is 167 Å². The number of amides is 3. The van der Waals surface area contributed by atoms with Gasteiger partial charge in [0, 0.05) is 6.54 Å². The number of rotatable bonds is 9. The van der Waals surface area contributed by atoms with Gasteiger partial charge in [0.2, 0.25) is 11.9 Å². The third kappa shape index (κ3) is 7.18. The predicted octanol–water partition coefficient (Wildman–Crippen LogP) is 3.09. The average Bonchev–Trinajstić information content (AvgIpc) is 3.12. The molecule has 3 amide bonds. The molecule has 0 spiro atoms. The van der Waals surface area contributed by atoms with E-state index in [1.54, 1.807) is 0 Å². The number of nitrogen functional groups attached to an aromatic ring is 1. The highest BCUT2D eigenvalue weighted by molar-refractivity contribution is 6.12. The number of nitrogens with zero attached hydrogens (tertiary/aromatic N) is 3. The SMILES string of the molecule is CC(C)Cn1nc(C(=O)Nc2cc(NC(=O)Cc3ccc(OC(F)(F)F)cc3)cnc2F)c(C(N)=O)c1N. The maximum absolute atomic E-state index is 14.3. The maximum Gasteiger partial charge on any atom is 0.573 e. The number of hydrogen-bond donors (Lipinski definition) is 4. The minimum atomic E-state index is -4.84. The third-order valence-corrected chi connectivity index (χ3v) is 4.88. The molecule has 38 heavy (non-hydrogen) atoms. The van der Waals surface area contributed by atoms with Crippen LogP contribution in [0, 0.1) is 11.9 Å². The van der Waals surface area contributed by atoms with Crippen molar-refractivity contribution in [2.24, 2.45) is 11.7 Å². The molecule has 0 aliphatic rings. The van der Waals surface area contributed by atoms with Crippen LogP contribution in [0.1, 0.15) is 40.3 Å². The molecule has 0 fully saturated rings. The van der Waals surface area contributed by atoms with Gasteiger partial charge in [-0.05, 0) is 29.7 Å². The molecule has 1 aromatic carbocycles. The molecule has 0 unspecified atom stereocenters. The summed E-state index contributed by atoms with van der Waals surface area (Å²) in [5.41, 5.74) is 10.5. The van der Waals surface area contributed by atoms with Gasteiger partial charge in [-0.2, -0.15) is 9.49 Å². The third-order valence-electron chi connectivity index (χ3n) is 4.88. The molecule has 0 aliphatic heterocycles. The van der Waals surface area contributed by atoms with E-state index in [1.165, 1.54) is 16.8 Å². The molecular formula is C23H23F4N7O4. The van der Waals surface area contributed by atoms with Crippen molar-refractivity contribution in [1.29, 1.82) is 0 Å². The van der Waals surface area contributed by atoms with E-state index in [9.17, 15) is 31.9 Å². The van der Waals surface area contributed by atoms with Crippen LogP contribution in [0.25, 0.3) is 0 Å². The first-order valence-electron chi connectivity index (χ1n) is 11.0. The number of halogens is 4. The quantitative estimate of drug-likeness (QED) is 0.240. The molecule has 3 aromatic rings. The fourth-order valence-electron chi connectivity index (χ4n) is 3.35. The van der Waals surface area contributed by atoms with Crippen molar-refractivity contribution in [3.63, 3.8) is 0 Å². The zero-order valence-electron chi connectivity index (χ0n) is 20.1. The summed E-state index contributed by atoms with van der Waals surface area (Å²) in [6.45, 7) is 4.01. The molecule has 15 heteroatoms. The van der Waals surface area contributed by atoms with E-state index in [-0.39, 0.29) is 36.0 Å². The number of pyridine rings is 1. The van der Waals surface area contributed by atoms with Crippen molar-refractivity contribution >= 4 is 34.9 Å². The molecule has 2 heterocycles. The number of primary amides is 1. The number of carbonyl (C=O) groups excluding carboxylic acids is 3. The van der Waals surface area contributed by atoms with Gasteiger partial charge in [-0.25, -0.2) is 9.67 Å². The highest BCUT2D eigenvalue weighted by atomic mass is 19.4. The van der Waals surface area contributed by atoms with E-state index in [2.05, 4.69) is 25.5 Å². The van der Waals surface area contributed by atoms with E-state index in [0.717, 1.165) is 24.4 Å². The minimum Gasteiger partial charge on any atom is -0.406 e. The normalized spacial score (nSPS) is 11.3. The van der Waals surface area contributed by atoms with E-state index < -0.39 is 47.2 Å². The predicted molar refractivity (Wildman–Crippen MR) is 128 cm³/mol. The summed E-state index contributed by atoms with van der Waals surface area (Å²) < 4.78 is 56.2. The van der Waals surface area contributed by atoms with Gasteiger partial charge in [-0.1, -0.05) is 26.0 Å². The molecular weight excluding hydrogens is 514 g/mol. The Morgan fingerprint density at radius 3 is 2.37 bits per heavy atom. The van der Waals surface area contributed by atoms with Crippen molar-refractivity contribution < 1.29 is 36.7 Å². The summed E-state index contributed by atoms with van der Waals surface area (Å²) in [5.74, 6) is -4.17. The van der Waals surface area contributed by atoms with Crippen LogP contribution in [0.5, 0.6) is 5.75 Å². The summed E-state index contributed by atoms with van der Waals surface area (Å²) in [7, 11) is 0. The van der Waals surface area contributed by atoms with E-state index in [4.69, 9.17) is 11.5 Å². The summed E-state index contributed by atoms with van der Waals surface area (Å²) in [6, 6.07) is 5.74. The number of aromatic nitrogens is 3. The number of hydrogen-bond acceptors (Lipinski definition) is 7. The van der Waals surface area contributed by atoms with Crippen molar-refractivity contribution in [3.8, 4) is 5.75 Å². The van der Waals surface area contributed by atoms with Crippen LogP contribution in [-0.4, -0.2) is 38.8 Å². The first-order valence-corrected chi connectivity index (χ1v) is 11.0. The lowest BCUT2D eigenvalue weighted by Crippen LogP contribution is -2.21. The Hall–Kier alpha value is -4.69. The van der Waals surface area contributed by atoms with Crippen LogP contribution in [0.2, 0.25) is 0 Å². The van der Waals surface area contributed by atoms with Gasteiger partial charge in [0.1, 0.15) is 17.1 Å². The van der Waals surface area contributed by atoms with E-state index in [1.807, 2.05) is 13.8 Å². The Morgan fingerprint density at radius 2 is 1.79 bits per heavy atom. The van der Waals surface area contributed by atoms with E-state index in [0.29, 0.717) is 5.56 Å². The number of anilines is 3. The molecule has 0 radical (unpaired) electrons. The standard InChI is InChI=1S/C23H23F4N7O4/c1-11(2)10-34-20(28)17(21(29)36)18(33-34)22(37)32-15-8-13(9-30-19(15)24)31-16(35)7-12-3-5-14(6-4-12)38-23(25,26)27/h3-6,8-9,11H,7,10,28H2,1-2H3,(H2,29,36)(H,31,35)(H,32,37). The number of nitrogens with two attached hydrogens (primary N) is 2. The summed E-state index contributed by atoms with van der Waals surface area (Å²) in [4.78, 5) is 40.6. The number of alkyl halides is 3. The number of benzene rings is 1. The largest absolute Gasteiger partial charge is 0.573 e. The van der Waals surface area contributed by atoms with Gasteiger partial charge in [0.25, 0.3) is 11.8 Å². The molecule has 202 valence electrons. The van der Waals surface area contributed by atoms with Crippen LogP contribution in [-0.2, 0) is 17.8 Å². The van der Waals surface area contributed by atoms with Gasteiger partial charge in [-0.3, -0.25) is 14.4 Å². The first kappa shape index (κ1) is 27.9. The van der Waals surface area contributed by atoms with Crippen LogP contribution < -0.4 is 26.8 Å². The highest BCUT2D eigenvalue weighted by Gasteiger charge is 2.31. The second-order valence-corrected chi connectivity index (χ2v) is 8.48. The summed E-state index contributed by atoms with van der Waals surface area (Å²) >= 11 is 0. The minimum absolute atomic E-state index is 0.00343. The Labute approximate surface area is 213 Å². The highest BCUT2D eigenvalue weighted by Crippen LogP contribution is 2.24. The first-order chi connectivity index (χ1) is 17.7. The van der Waals surface area contributed by atoms with E-state index >= 15 is 0 Å². The van der Waals surface area contributed by atoms with Crippen molar-refractivity contribution in [2.75, 3.05) is 16.4 Å². The Balaban J connectivity index is 1.72. The van der Waals surface area contributed by atoms with Crippen LogP contribution >= 0.6 is 0 Å². The van der Waals surface area contributed by atoms with Crippen molar-refractivity contribution in [2.45, 2.75) is 33.2 Å². The molecule has 2 aromatic heterocycles. The summed E-state index contributed by atoms with van der Waals surface area (Å²) in [5, 5.41) is 8.71. The van der Waals surface area contributed by atoms with Crippen molar-refractivity contribution in [1.82, 2.24) is 14.8 Å².